The molecule has 0 aliphatic heterocycles. The number of rotatable bonds is 8. The molecule has 0 radical (unpaired) electrons. The highest BCUT2D eigenvalue weighted by atomic mass is 14.6. The number of nitrogens with two attached hydrogens (primary N) is 1. The first-order chi connectivity index (χ1) is 22.5. The summed E-state index contributed by atoms with van der Waals surface area (Å²) in [7, 11) is 0. The lowest BCUT2D eigenvalue weighted by Crippen LogP contribution is -2.58. The standard InChI is InChI=1S/C43H46BN3/c1-11-35(15-12-18-45)38-26(2)21-29(5)41(32(38)8)44(42-30(6)22-27(3)39(33(42)9)36-16-13-19-46-24-36)43-31(7)23-28(4)40(34(43)10)37-17-14-20-47-25-37/h11-25H,1,45H2,2-10H3/b18-12-,35-15+. The lowest BCUT2D eigenvalue weighted by molar-refractivity contribution is 1.29. The highest BCUT2D eigenvalue weighted by molar-refractivity contribution is 6.97. The first-order valence-corrected chi connectivity index (χ1v) is 16.4. The maximum atomic E-state index is 5.79. The highest BCUT2D eigenvalue weighted by Crippen LogP contribution is 2.32. The van der Waals surface area contributed by atoms with Crippen molar-refractivity contribution in [1.29, 1.82) is 0 Å². The molecule has 0 aliphatic carbocycles. The zero-order chi connectivity index (χ0) is 34.0. The third kappa shape index (κ3) is 6.13. The molecule has 3 nitrogen and oxygen atoms in total. The van der Waals surface area contributed by atoms with Gasteiger partial charge in [0, 0.05) is 35.9 Å². The molecule has 3 aromatic carbocycles. The maximum Gasteiger partial charge on any atom is 0.243 e. The van der Waals surface area contributed by atoms with Crippen LogP contribution in [0.2, 0.25) is 0 Å². The Morgan fingerprint density at radius 1 is 0.638 bits per heavy atom. The van der Waals surface area contributed by atoms with E-state index in [9.17, 15) is 0 Å². The van der Waals surface area contributed by atoms with E-state index in [1.54, 1.807) is 6.20 Å². The van der Waals surface area contributed by atoms with Gasteiger partial charge in [-0.05, 0) is 142 Å². The van der Waals surface area contributed by atoms with Crippen LogP contribution in [0.5, 0.6) is 0 Å². The van der Waals surface area contributed by atoms with Crippen LogP contribution < -0.4 is 22.1 Å². The summed E-state index contributed by atoms with van der Waals surface area (Å²) in [6.45, 7) is 24.5. The van der Waals surface area contributed by atoms with Crippen LogP contribution in [0.25, 0.3) is 27.8 Å². The summed E-state index contributed by atoms with van der Waals surface area (Å²) in [6, 6.07) is 15.5. The van der Waals surface area contributed by atoms with E-state index in [2.05, 4.69) is 115 Å². The molecule has 0 fully saturated rings. The molecule has 0 spiro atoms. The minimum Gasteiger partial charge on any atom is -0.405 e. The maximum absolute atomic E-state index is 5.79. The van der Waals surface area contributed by atoms with E-state index in [1.807, 2.05) is 49.1 Å². The second-order valence-electron chi connectivity index (χ2n) is 12.9. The number of benzene rings is 3. The highest BCUT2D eigenvalue weighted by Gasteiger charge is 2.34. The van der Waals surface area contributed by atoms with Gasteiger partial charge in [0.25, 0.3) is 0 Å². The van der Waals surface area contributed by atoms with Crippen LogP contribution in [-0.2, 0) is 0 Å². The predicted octanol–water partition coefficient (Wildman–Crippen LogP) is 8.14. The Bertz CT molecular complexity index is 1940. The molecular weight excluding hydrogens is 569 g/mol. The van der Waals surface area contributed by atoms with Crippen molar-refractivity contribution in [3.05, 3.63) is 154 Å². The van der Waals surface area contributed by atoms with Crippen molar-refractivity contribution in [3.63, 3.8) is 0 Å². The monoisotopic (exact) mass is 615 g/mol. The number of hydrogen-bond donors (Lipinski definition) is 1. The number of pyridine rings is 2. The quantitative estimate of drug-likeness (QED) is 0.142. The minimum absolute atomic E-state index is 0.0301. The van der Waals surface area contributed by atoms with Crippen LogP contribution in [0.4, 0.5) is 0 Å². The van der Waals surface area contributed by atoms with Crippen LogP contribution in [0.15, 0.2) is 98.3 Å². The number of nitrogens with zero attached hydrogens (tertiary/aromatic N) is 2. The van der Waals surface area contributed by atoms with E-state index in [1.165, 1.54) is 83.1 Å². The fourth-order valence-electron chi connectivity index (χ4n) is 8.13. The molecule has 0 aliphatic rings. The zero-order valence-electron chi connectivity index (χ0n) is 29.4. The average molecular weight is 616 g/mol. The third-order valence-electron chi connectivity index (χ3n) is 9.76. The van der Waals surface area contributed by atoms with E-state index < -0.39 is 0 Å². The molecule has 5 rings (SSSR count). The van der Waals surface area contributed by atoms with Gasteiger partial charge in [-0.2, -0.15) is 0 Å². The molecule has 5 aromatic rings. The number of aryl methyl sites for hydroxylation is 6. The molecule has 4 heteroatoms. The summed E-state index contributed by atoms with van der Waals surface area (Å²) >= 11 is 0. The number of allylic oxidation sites excluding steroid dienone is 4. The van der Waals surface area contributed by atoms with Crippen molar-refractivity contribution >= 4 is 28.7 Å². The molecule has 2 aromatic heterocycles. The summed E-state index contributed by atoms with van der Waals surface area (Å²) in [5.41, 5.74) is 28.2. The molecule has 0 saturated heterocycles. The van der Waals surface area contributed by atoms with Crippen molar-refractivity contribution in [3.8, 4) is 22.3 Å². The summed E-state index contributed by atoms with van der Waals surface area (Å²) in [4.78, 5) is 9.01. The first kappa shape index (κ1) is 33.4. The van der Waals surface area contributed by atoms with Gasteiger partial charge in [-0.3, -0.25) is 9.97 Å². The van der Waals surface area contributed by atoms with E-state index in [0.29, 0.717) is 0 Å². The van der Waals surface area contributed by atoms with Crippen molar-refractivity contribution < 1.29 is 0 Å². The molecule has 2 N–H and O–H groups in total. The van der Waals surface area contributed by atoms with E-state index >= 15 is 0 Å². The molecular formula is C43H46BN3. The Hall–Kier alpha value is -4.96. The summed E-state index contributed by atoms with van der Waals surface area (Å²) < 4.78 is 0. The van der Waals surface area contributed by atoms with Gasteiger partial charge < -0.3 is 5.73 Å². The molecule has 0 atom stereocenters. The van der Waals surface area contributed by atoms with Crippen LogP contribution in [-0.4, -0.2) is 16.7 Å². The predicted molar refractivity (Wildman–Crippen MR) is 205 cm³/mol. The molecule has 0 bridgehead atoms. The van der Waals surface area contributed by atoms with Gasteiger partial charge in [-0.25, -0.2) is 0 Å². The van der Waals surface area contributed by atoms with Crippen LogP contribution >= 0.6 is 0 Å². The molecule has 0 amide bonds. The third-order valence-corrected chi connectivity index (χ3v) is 9.76. The zero-order valence-corrected chi connectivity index (χ0v) is 29.4. The van der Waals surface area contributed by atoms with E-state index in [0.717, 1.165) is 16.7 Å². The van der Waals surface area contributed by atoms with Crippen molar-refractivity contribution in [2.24, 2.45) is 5.73 Å². The lowest BCUT2D eigenvalue weighted by Gasteiger charge is -2.31. The molecule has 236 valence electrons. The fraction of sp³-hybridized carbons (Fsp3) is 0.209. The van der Waals surface area contributed by atoms with Gasteiger partial charge in [0.1, 0.15) is 0 Å². The van der Waals surface area contributed by atoms with Gasteiger partial charge in [0.2, 0.25) is 6.71 Å². The largest absolute Gasteiger partial charge is 0.405 e. The normalized spacial score (nSPS) is 11.7. The Kier molecular flexibility index (Phi) is 9.81. The van der Waals surface area contributed by atoms with Gasteiger partial charge >= 0.3 is 0 Å². The molecule has 2 heterocycles. The average Bonchev–Trinajstić information content (AvgIpc) is 3.02. The van der Waals surface area contributed by atoms with Crippen LogP contribution in [0, 0.1) is 62.3 Å². The molecule has 0 saturated carbocycles. The number of hydrogen-bond acceptors (Lipinski definition) is 3. The van der Waals surface area contributed by atoms with Gasteiger partial charge in [0.15, 0.2) is 0 Å². The topological polar surface area (TPSA) is 51.8 Å². The Morgan fingerprint density at radius 2 is 1.09 bits per heavy atom. The van der Waals surface area contributed by atoms with Crippen molar-refractivity contribution in [1.82, 2.24) is 9.97 Å². The molecule has 47 heavy (non-hydrogen) atoms. The summed E-state index contributed by atoms with van der Waals surface area (Å²) in [5.74, 6) is 0. The second-order valence-corrected chi connectivity index (χ2v) is 12.9. The minimum atomic E-state index is -0.0301. The van der Waals surface area contributed by atoms with Crippen LogP contribution in [0.3, 0.4) is 0 Å². The van der Waals surface area contributed by atoms with E-state index in [-0.39, 0.29) is 6.71 Å². The summed E-state index contributed by atoms with van der Waals surface area (Å²) in [5, 5.41) is 0. The Balaban J connectivity index is 1.98. The lowest BCUT2D eigenvalue weighted by atomic mass is 9.32. The van der Waals surface area contributed by atoms with Crippen molar-refractivity contribution in [2.75, 3.05) is 0 Å². The SMILES string of the molecule is C=C/C(=C\C=C/N)c1c(C)cc(C)c(B(c2c(C)cc(C)c(-c3cccnc3)c2C)c2c(C)cc(C)c(-c3cccnc3)c2C)c1C. The number of aromatic nitrogens is 2. The van der Waals surface area contributed by atoms with Gasteiger partial charge in [-0.15, -0.1) is 0 Å². The Labute approximate surface area is 282 Å². The van der Waals surface area contributed by atoms with E-state index in [4.69, 9.17) is 5.73 Å². The van der Waals surface area contributed by atoms with Gasteiger partial charge in [-0.1, -0.05) is 82.1 Å². The van der Waals surface area contributed by atoms with Gasteiger partial charge in [0.05, 0.1) is 0 Å². The first-order valence-electron chi connectivity index (χ1n) is 16.4. The Morgan fingerprint density at radius 3 is 1.49 bits per heavy atom. The smallest absolute Gasteiger partial charge is 0.243 e. The van der Waals surface area contributed by atoms with Crippen LogP contribution in [0.1, 0.15) is 55.6 Å². The summed E-state index contributed by atoms with van der Waals surface area (Å²) in [6.07, 6.45) is 15.1. The molecule has 0 unspecified atom stereocenters. The second kappa shape index (κ2) is 13.8. The van der Waals surface area contributed by atoms with Crippen molar-refractivity contribution in [2.45, 2.75) is 62.3 Å². The fourth-order valence-corrected chi connectivity index (χ4v) is 8.13.